The summed E-state index contributed by atoms with van der Waals surface area (Å²) in [5.41, 5.74) is 6.83. The van der Waals surface area contributed by atoms with Gasteiger partial charge in [0, 0.05) is 22.8 Å². The van der Waals surface area contributed by atoms with Crippen LogP contribution in [0.2, 0.25) is 5.02 Å². The molecule has 0 aliphatic heterocycles. The van der Waals surface area contributed by atoms with Crippen molar-refractivity contribution in [2.45, 2.75) is 0 Å². The molecule has 4 N–H and O–H groups in total. The van der Waals surface area contributed by atoms with Crippen LogP contribution in [0.5, 0.6) is 0 Å². The minimum atomic E-state index is -3.23. The molecule has 0 amide bonds. The lowest BCUT2D eigenvalue weighted by Gasteiger charge is -2.11. The van der Waals surface area contributed by atoms with Gasteiger partial charge in [0.15, 0.2) is 0 Å². The van der Waals surface area contributed by atoms with Crippen LogP contribution in [0.3, 0.4) is 0 Å². The second kappa shape index (κ2) is 6.33. The molecule has 0 aliphatic carbocycles. The number of nitrogens with one attached hydrogen (secondary N) is 2. The first-order valence-electron chi connectivity index (χ1n) is 5.10. The quantitative estimate of drug-likeness (QED) is 0.681. The molecule has 100 valence electrons. The zero-order valence-electron chi connectivity index (χ0n) is 9.73. The maximum Gasteiger partial charge on any atom is 0.213 e. The minimum absolute atomic E-state index is 0.0388. The molecule has 5 nitrogen and oxygen atoms in total. The third kappa shape index (κ3) is 4.41. The molecule has 18 heavy (non-hydrogen) atoms. The van der Waals surface area contributed by atoms with E-state index >= 15 is 0 Å². The topological polar surface area (TPSA) is 84.2 Å². The highest BCUT2D eigenvalue weighted by Crippen LogP contribution is 2.20. The number of hydrogen-bond acceptors (Lipinski definition) is 4. The zero-order chi connectivity index (χ0) is 13.8. The Morgan fingerprint density at radius 2 is 2.17 bits per heavy atom. The third-order valence-electron chi connectivity index (χ3n) is 2.24. The van der Waals surface area contributed by atoms with Gasteiger partial charge in [0.25, 0.3) is 0 Å². The van der Waals surface area contributed by atoms with Crippen LogP contribution < -0.4 is 15.8 Å². The number of thiocarbonyl (C=S) groups is 1. The Balaban J connectivity index is 2.77. The van der Waals surface area contributed by atoms with E-state index in [2.05, 4.69) is 10.0 Å². The van der Waals surface area contributed by atoms with Gasteiger partial charge >= 0.3 is 0 Å². The number of rotatable bonds is 6. The molecule has 0 fully saturated rings. The van der Waals surface area contributed by atoms with Gasteiger partial charge < -0.3 is 11.1 Å². The van der Waals surface area contributed by atoms with Crippen molar-refractivity contribution in [2.24, 2.45) is 5.73 Å². The van der Waals surface area contributed by atoms with Crippen LogP contribution in [-0.2, 0) is 10.0 Å². The third-order valence-corrected chi connectivity index (χ3v) is 4.06. The summed E-state index contributed by atoms with van der Waals surface area (Å²) in [5.74, 6) is -0.0388. The molecular weight excluding hydrogens is 294 g/mol. The van der Waals surface area contributed by atoms with Crippen molar-refractivity contribution in [3.05, 3.63) is 28.8 Å². The van der Waals surface area contributed by atoms with Gasteiger partial charge in [-0.05, 0) is 25.2 Å². The van der Waals surface area contributed by atoms with E-state index in [1.165, 1.54) is 7.05 Å². The summed E-state index contributed by atoms with van der Waals surface area (Å²) >= 11 is 10.7. The monoisotopic (exact) mass is 307 g/mol. The molecule has 0 aliphatic rings. The van der Waals surface area contributed by atoms with Gasteiger partial charge in [-0.3, -0.25) is 0 Å². The first kappa shape index (κ1) is 15.2. The van der Waals surface area contributed by atoms with E-state index in [-0.39, 0.29) is 17.3 Å². The van der Waals surface area contributed by atoms with Crippen molar-refractivity contribution in [1.82, 2.24) is 4.72 Å². The van der Waals surface area contributed by atoms with E-state index in [4.69, 9.17) is 29.6 Å². The number of sulfonamides is 1. The highest BCUT2D eigenvalue weighted by Gasteiger charge is 2.09. The molecule has 0 spiro atoms. The van der Waals surface area contributed by atoms with E-state index in [1.54, 1.807) is 18.2 Å². The number of hydrogen-bond donors (Lipinski definition) is 3. The molecule has 0 atom stereocenters. The lowest BCUT2D eigenvalue weighted by Crippen LogP contribution is -2.26. The van der Waals surface area contributed by atoms with Gasteiger partial charge in [-0.2, -0.15) is 0 Å². The molecule has 1 rings (SSSR count). The largest absolute Gasteiger partial charge is 0.389 e. The predicted octanol–water partition coefficient (Wildman–Crippen LogP) is 0.935. The summed E-state index contributed by atoms with van der Waals surface area (Å²) in [7, 11) is -1.86. The van der Waals surface area contributed by atoms with E-state index < -0.39 is 10.0 Å². The maximum absolute atomic E-state index is 11.2. The summed E-state index contributed by atoms with van der Waals surface area (Å²) in [4.78, 5) is 0.205. The molecular formula is C10H14ClN3O2S2. The fourth-order valence-corrected chi connectivity index (χ4v) is 2.21. The van der Waals surface area contributed by atoms with Crippen LogP contribution in [0.15, 0.2) is 18.2 Å². The van der Waals surface area contributed by atoms with Crippen LogP contribution in [-0.4, -0.2) is 32.8 Å². The molecule has 8 heteroatoms. The van der Waals surface area contributed by atoms with Gasteiger partial charge in [-0.1, -0.05) is 23.8 Å². The molecule has 0 bridgehead atoms. The van der Waals surface area contributed by atoms with Crippen molar-refractivity contribution in [3.63, 3.8) is 0 Å². The summed E-state index contributed by atoms with van der Waals surface area (Å²) < 4.78 is 24.7. The van der Waals surface area contributed by atoms with Gasteiger partial charge in [0.2, 0.25) is 10.0 Å². The van der Waals surface area contributed by atoms with Crippen molar-refractivity contribution in [3.8, 4) is 0 Å². The second-order valence-electron chi connectivity index (χ2n) is 3.50. The molecule has 0 radical (unpaired) electrons. The predicted molar refractivity (Wildman–Crippen MR) is 78.7 cm³/mol. The molecule has 0 aromatic heterocycles. The summed E-state index contributed by atoms with van der Waals surface area (Å²) in [6, 6.07) is 5.03. The van der Waals surface area contributed by atoms with Crippen LogP contribution in [0.25, 0.3) is 0 Å². The van der Waals surface area contributed by atoms with E-state index in [0.717, 1.165) is 0 Å². The average molecular weight is 308 g/mol. The molecule has 0 heterocycles. The fraction of sp³-hybridized carbons (Fsp3) is 0.300. The fourth-order valence-electron chi connectivity index (χ4n) is 1.30. The Morgan fingerprint density at radius 1 is 1.50 bits per heavy atom. The molecule has 0 unspecified atom stereocenters. The van der Waals surface area contributed by atoms with Crippen molar-refractivity contribution in [2.75, 3.05) is 24.7 Å². The first-order valence-corrected chi connectivity index (χ1v) is 7.54. The minimum Gasteiger partial charge on any atom is -0.389 e. The number of nitrogens with two attached hydrogens (primary N) is 1. The lowest BCUT2D eigenvalue weighted by molar-refractivity contribution is 0.588. The van der Waals surface area contributed by atoms with Crippen LogP contribution in [0.4, 0.5) is 5.69 Å². The normalized spacial score (nSPS) is 11.2. The van der Waals surface area contributed by atoms with Crippen LogP contribution >= 0.6 is 23.8 Å². The average Bonchev–Trinajstić information content (AvgIpc) is 2.30. The standard InChI is InChI=1S/C10H14ClN3O2S2/c1-13-18(15,16)5-4-14-9-3-2-7(11)6-8(9)10(12)17/h2-3,6,13-14H,4-5H2,1H3,(H2,12,17). The van der Waals surface area contributed by atoms with E-state index in [1.807, 2.05) is 0 Å². The van der Waals surface area contributed by atoms with E-state index in [0.29, 0.717) is 16.3 Å². The summed E-state index contributed by atoms with van der Waals surface area (Å²) in [5, 5.41) is 3.49. The van der Waals surface area contributed by atoms with Crippen molar-refractivity contribution in [1.29, 1.82) is 0 Å². The smallest absolute Gasteiger partial charge is 0.213 e. The lowest BCUT2D eigenvalue weighted by atomic mass is 10.2. The second-order valence-corrected chi connectivity index (χ2v) is 6.43. The highest BCUT2D eigenvalue weighted by molar-refractivity contribution is 7.89. The Bertz CT molecular complexity index is 546. The van der Waals surface area contributed by atoms with Crippen LogP contribution in [0.1, 0.15) is 5.56 Å². The molecule has 0 saturated carbocycles. The first-order chi connectivity index (χ1) is 8.35. The maximum atomic E-state index is 11.2. The van der Waals surface area contributed by atoms with Crippen molar-refractivity contribution < 1.29 is 8.42 Å². The van der Waals surface area contributed by atoms with Gasteiger partial charge in [0.05, 0.1) is 5.75 Å². The summed E-state index contributed by atoms with van der Waals surface area (Å²) in [6.07, 6.45) is 0. The van der Waals surface area contributed by atoms with Gasteiger partial charge in [-0.15, -0.1) is 0 Å². The highest BCUT2D eigenvalue weighted by atomic mass is 35.5. The number of benzene rings is 1. The summed E-state index contributed by atoms with van der Waals surface area (Å²) in [6.45, 7) is 0.250. The molecule has 0 saturated heterocycles. The SMILES string of the molecule is CNS(=O)(=O)CCNc1ccc(Cl)cc1C(N)=S. The Labute approximate surface area is 117 Å². The Morgan fingerprint density at radius 3 is 2.72 bits per heavy atom. The van der Waals surface area contributed by atoms with Gasteiger partial charge in [-0.25, -0.2) is 13.1 Å². The Kier molecular flexibility index (Phi) is 5.33. The molecule has 1 aromatic rings. The number of anilines is 1. The molecule has 1 aromatic carbocycles. The Hall–Kier alpha value is -0.890. The van der Waals surface area contributed by atoms with Crippen LogP contribution in [0, 0.1) is 0 Å². The van der Waals surface area contributed by atoms with Crippen molar-refractivity contribution >= 4 is 44.5 Å². The zero-order valence-corrected chi connectivity index (χ0v) is 12.1. The number of halogens is 1. The van der Waals surface area contributed by atoms with Gasteiger partial charge in [0.1, 0.15) is 4.99 Å². The van der Waals surface area contributed by atoms with E-state index in [9.17, 15) is 8.42 Å².